The fourth-order valence-corrected chi connectivity index (χ4v) is 2.08. The summed E-state index contributed by atoms with van der Waals surface area (Å²) in [5.74, 6) is 0.324. The Labute approximate surface area is 107 Å². The van der Waals surface area contributed by atoms with Crippen LogP contribution in [0, 0.1) is 5.92 Å². The van der Waals surface area contributed by atoms with Crippen LogP contribution in [-0.4, -0.2) is 26.2 Å². The van der Waals surface area contributed by atoms with E-state index in [1.165, 1.54) is 12.7 Å². The number of methoxy groups -OCH3 is 1. The molecule has 0 saturated heterocycles. The summed E-state index contributed by atoms with van der Waals surface area (Å²) >= 11 is 0. The van der Waals surface area contributed by atoms with Crippen molar-refractivity contribution in [3.05, 3.63) is 23.8 Å². The zero-order valence-corrected chi connectivity index (χ0v) is 10.9. The lowest BCUT2D eigenvalue weighted by molar-refractivity contribution is -0.145. The topological polar surface area (TPSA) is 47.6 Å². The standard InChI is InChI=1S/C14H19NO3/c1-10(14(16)17-2)9-18-12-7-3-5-11-6-4-8-15-13(11)12/h3,5,7,10,15H,4,6,8-9H2,1-2H3. The number of carbonyl (C=O) groups is 1. The Kier molecular flexibility index (Phi) is 4.07. The van der Waals surface area contributed by atoms with Crippen LogP contribution in [0.5, 0.6) is 5.75 Å². The number of aryl methyl sites for hydroxylation is 1. The number of benzene rings is 1. The van der Waals surface area contributed by atoms with Crippen molar-refractivity contribution in [3.8, 4) is 5.75 Å². The highest BCUT2D eigenvalue weighted by Gasteiger charge is 2.17. The Bertz CT molecular complexity index is 431. The van der Waals surface area contributed by atoms with Crippen LogP contribution in [-0.2, 0) is 16.0 Å². The molecule has 0 saturated carbocycles. The van der Waals surface area contributed by atoms with E-state index in [4.69, 9.17) is 4.74 Å². The molecule has 1 aliphatic heterocycles. The number of ether oxygens (including phenoxy) is 2. The number of carbonyl (C=O) groups excluding carboxylic acids is 1. The average molecular weight is 249 g/mol. The number of para-hydroxylation sites is 1. The monoisotopic (exact) mass is 249 g/mol. The minimum atomic E-state index is -0.255. The van der Waals surface area contributed by atoms with Gasteiger partial charge in [0.25, 0.3) is 0 Å². The summed E-state index contributed by atoms with van der Waals surface area (Å²) in [6, 6.07) is 6.03. The highest BCUT2D eigenvalue weighted by Crippen LogP contribution is 2.32. The van der Waals surface area contributed by atoms with Crippen LogP contribution in [0.25, 0.3) is 0 Å². The largest absolute Gasteiger partial charge is 0.491 e. The minimum Gasteiger partial charge on any atom is -0.491 e. The average Bonchev–Trinajstić information content (AvgIpc) is 2.43. The van der Waals surface area contributed by atoms with Crippen LogP contribution in [0.15, 0.2) is 18.2 Å². The van der Waals surface area contributed by atoms with Crippen molar-refractivity contribution in [2.75, 3.05) is 25.6 Å². The van der Waals surface area contributed by atoms with Gasteiger partial charge in [0.2, 0.25) is 0 Å². The number of esters is 1. The summed E-state index contributed by atoms with van der Waals surface area (Å²) in [6.45, 7) is 3.11. The van der Waals surface area contributed by atoms with Crippen LogP contribution in [0.2, 0.25) is 0 Å². The zero-order valence-electron chi connectivity index (χ0n) is 10.9. The SMILES string of the molecule is COC(=O)C(C)COc1cccc2c1NCCC2. The molecule has 0 bridgehead atoms. The molecule has 1 aliphatic rings. The molecule has 0 spiro atoms. The highest BCUT2D eigenvalue weighted by molar-refractivity contribution is 5.72. The van der Waals surface area contributed by atoms with Crippen LogP contribution in [0.1, 0.15) is 18.9 Å². The summed E-state index contributed by atoms with van der Waals surface area (Å²) in [5.41, 5.74) is 2.35. The fraction of sp³-hybridized carbons (Fsp3) is 0.500. The second-order valence-corrected chi connectivity index (χ2v) is 4.56. The Hall–Kier alpha value is -1.71. The summed E-state index contributed by atoms with van der Waals surface area (Å²) in [5, 5.41) is 3.36. The molecule has 0 aromatic heterocycles. The first-order valence-electron chi connectivity index (χ1n) is 6.28. The molecule has 1 aromatic carbocycles. The van der Waals surface area contributed by atoms with Crippen molar-refractivity contribution in [1.29, 1.82) is 0 Å². The van der Waals surface area contributed by atoms with Gasteiger partial charge in [-0.25, -0.2) is 0 Å². The van der Waals surface area contributed by atoms with Gasteiger partial charge in [-0.3, -0.25) is 4.79 Å². The molecule has 0 amide bonds. The molecule has 1 unspecified atom stereocenters. The summed E-state index contributed by atoms with van der Waals surface area (Å²) in [4.78, 5) is 11.3. The van der Waals surface area contributed by atoms with Crippen LogP contribution in [0.3, 0.4) is 0 Å². The molecule has 98 valence electrons. The van der Waals surface area contributed by atoms with Crippen molar-refractivity contribution < 1.29 is 14.3 Å². The normalized spacial score (nSPS) is 15.2. The molecule has 0 aliphatic carbocycles. The predicted octanol–water partition coefficient (Wildman–Crippen LogP) is 2.23. The van der Waals surface area contributed by atoms with Gasteiger partial charge in [-0.1, -0.05) is 12.1 Å². The third-order valence-electron chi connectivity index (χ3n) is 3.13. The van der Waals surface area contributed by atoms with E-state index in [1.54, 1.807) is 6.92 Å². The van der Waals surface area contributed by atoms with E-state index < -0.39 is 0 Å². The molecule has 18 heavy (non-hydrogen) atoms. The first-order valence-corrected chi connectivity index (χ1v) is 6.28. The minimum absolute atomic E-state index is 0.243. The van der Waals surface area contributed by atoms with Gasteiger partial charge in [-0.05, 0) is 31.4 Å². The molecule has 0 fully saturated rings. The number of anilines is 1. The lowest BCUT2D eigenvalue weighted by Gasteiger charge is -2.21. The molecule has 4 nitrogen and oxygen atoms in total. The molecular formula is C14H19NO3. The molecule has 1 N–H and O–H groups in total. The molecule has 1 aromatic rings. The van der Waals surface area contributed by atoms with Crippen LogP contribution >= 0.6 is 0 Å². The third kappa shape index (κ3) is 2.75. The van der Waals surface area contributed by atoms with Crippen molar-refractivity contribution >= 4 is 11.7 Å². The maximum Gasteiger partial charge on any atom is 0.311 e. The van der Waals surface area contributed by atoms with Gasteiger partial charge >= 0.3 is 5.97 Å². The molecular weight excluding hydrogens is 230 g/mol. The summed E-state index contributed by atoms with van der Waals surface area (Å²) in [7, 11) is 1.39. The Balaban J connectivity index is 2.03. The fourth-order valence-electron chi connectivity index (χ4n) is 2.08. The number of fused-ring (bicyclic) bond motifs is 1. The molecule has 1 heterocycles. The molecule has 1 atom stereocenters. The van der Waals surface area contributed by atoms with Crippen molar-refractivity contribution in [1.82, 2.24) is 0 Å². The number of hydrogen-bond donors (Lipinski definition) is 1. The lowest BCUT2D eigenvalue weighted by Crippen LogP contribution is -2.21. The van der Waals surface area contributed by atoms with E-state index in [9.17, 15) is 4.79 Å². The second kappa shape index (κ2) is 5.76. The van der Waals surface area contributed by atoms with Gasteiger partial charge in [-0.15, -0.1) is 0 Å². The lowest BCUT2D eigenvalue weighted by atomic mass is 10.0. The van der Waals surface area contributed by atoms with Gasteiger partial charge < -0.3 is 14.8 Å². The number of rotatable bonds is 4. The molecule has 4 heteroatoms. The maximum absolute atomic E-state index is 11.3. The van der Waals surface area contributed by atoms with Crippen molar-refractivity contribution in [2.24, 2.45) is 5.92 Å². The van der Waals surface area contributed by atoms with E-state index in [-0.39, 0.29) is 11.9 Å². The zero-order chi connectivity index (χ0) is 13.0. The van der Waals surface area contributed by atoms with Crippen molar-refractivity contribution in [3.63, 3.8) is 0 Å². The van der Waals surface area contributed by atoms with Crippen molar-refractivity contribution in [2.45, 2.75) is 19.8 Å². The Morgan fingerprint density at radius 1 is 1.50 bits per heavy atom. The predicted molar refractivity (Wildman–Crippen MR) is 69.9 cm³/mol. The van der Waals surface area contributed by atoms with Gasteiger partial charge in [0.05, 0.1) is 18.7 Å². The van der Waals surface area contributed by atoms with Crippen LogP contribution in [0.4, 0.5) is 5.69 Å². The Morgan fingerprint density at radius 3 is 3.11 bits per heavy atom. The van der Waals surface area contributed by atoms with Gasteiger partial charge in [0.1, 0.15) is 12.4 Å². The first kappa shape index (κ1) is 12.7. The van der Waals surface area contributed by atoms with Gasteiger partial charge in [0.15, 0.2) is 0 Å². The van der Waals surface area contributed by atoms with E-state index in [2.05, 4.69) is 16.1 Å². The molecule has 2 rings (SSSR count). The number of nitrogens with one attached hydrogen (secondary N) is 1. The van der Waals surface area contributed by atoms with E-state index in [0.717, 1.165) is 30.8 Å². The molecule has 0 radical (unpaired) electrons. The van der Waals surface area contributed by atoms with E-state index in [1.807, 2.05) is 12.1 Å². The highest BCUT2D eigenvalue weighted by atomic mass is 16.5. The summed E-state index contributed by atoms with van der Waals surface area (Å²) < 4.78 is 10.4. The van der Waals surface area contributed by atoms with Gasteiger partial charge in [0, 0.05) is 6.54 Å². The smallest absolute Gasteiger partial charge is 0.311 e. The summed E-state index contributed by atoms with van der Waals surface area (Å²) in [6.07, 6.45) is 2.22. The van der Waals surface area contributed by atoms with E-state index in [0.29, 0.717) is 6.61 Å². The Morgan fingerprint density at radius 2 is 2.33 bits per heavy atom. The maximum atomic E-state index is 11.3. The van der Waals surface area contributed by atoms with Crippen LogP contribution < -0.4 is 10.1 Å². The van der Waals surface area contributed by atoms with Gasteiger partial charge in [-0.2, -0.15) is 0 Å². The number of hydrogen-bond acceptors (Lipinski definition) is 4. The third-order valence-corrected chi connectivity index (χ3v) is 3.13. The van der Waals surface area contributed by atoms with E-state index >= 15 is 0 Å². The quantitative estimate of drug-likeness (QED) is 0.831. The first-order chi connectivity index (χ1) is 8.72. The second-order valence-electron chi connectivity index (χ2n) is 4.56.